The number of carbonyl (C=O) groups excluding carboxylic acids is 1. The van der Waals surface area contributed by atoms with E-state index in [1.165, 1.54) is 6.92 Å². The minimum atomic E-state index is -0.211. The van der Waals surface area contributed by atoms with Gasteiger partial charge in [-0.15, -0.1) is 0 Å². The molecule has 0 saturated heterocycles. The van der Waals surface area contributed by atoms with Crippen LogP contribution in [-0.2, 0) is 9.53 Å². The van der Waals surface area contributed by atoms with Gasteiger partial charge in [0.15, 0.2) is 0 Å². The van der Waals surface area contributed by atoms with Crippen molar-refractivity contribution in [2.75, 3.05) is 6.61 Å². The molecule has 24 heavy (non-hydrogen) atoms. The summed E-state index contributed by atoms with van der Waals surface area (Å²) in [6.45, 7) is 3.65. The van der Waals surface area contributed by atoms with Crippen molar-refractivity contribution >= 4 is 5.97 Å². The first kappa shape index (κ1) is 21.1. The second-order valence-corrected chi connectivity index (χ2v) is 4.39. The summed E-state index contributed by atoms with van der Waals surface area (Å²) in [4.78, 5) is 9.82. The van der Waals surface area contributed by atoms with Gasteiger partial charge in [-0.1, -0.05) is 109 Å². The Labute approximate surface area is 145 Å². The van der Waals surface area contributed by atoms with E-state index >= 15 is 0 Å². The Bertz CT molecular complexity index is 411. The van der Waals surface area contributed by atoms with Crippen LogP contribution in [0.4, 0.5) is 0 Å². The molecule has 0 heterocycles. The van der Waals surface area contributed by atoms with E-state index < -0.39 is 0 Å². The van der Waals surface area contributed by atoms with E-state index in [9.17, 15) is 4.79 Å². The molecule has 0 aliphatic heterocycles. The van der Waals surface area contributed by atoms with Crippen molar-refractivity contribution < 1.29 is 9.53 Å². The minimum absolute atomic E-state index is 0.211. The van der Waals surface area contributed by atoms with Crippen molar-refractivity contribution in [2.45, 2.75) is 13.8 Å². The standard InChI is InChI=1S/3C6H6.C4H8O2/c3*1-2-4-6-5-3-1;1-3-6-4(2)5/h3*1-6H;3H2,1-2H3. The van der Waals surface area contributed by atoms with Crippen LogP contribution in [-0.4, -0.2) is 12.6 Å². The maximum absolute atomic E-state index is 9.82. The molecule has 0 amide bonds. The lowest BCUT2D eigenvalue weighted by molar-refractivity contribution is -0.140. The fourth-order valence-electron chi connectivity index (χ4n) is 1.36. The van der Waals surface area contributed by atoms with Crippen LogP contribution in [0.1, 0.15) is 13.8 Å². The lowest BCUT2D eigenvalue weighted by atomic mass is 10.4. The highest BCUT2D eigenvalue weighted by Crippen LogP contribution is 1.81. The fourth-order valence-corrected chi connectivity index (χ4v) is 1.36. The van der Waals surface area contributed by atoms with Crippen LogP contribution >= 0.6 is 0 Å². The Kier molecular flexibility index (Phi) is 16.0. The van der Waals surface area contributed by atoms with Gasteiger partial charge in [-0.05, 0) is 6.92 Å². The van der Waals surface area contributed by atoms with Gasteiger partial charge in [-0.2, -0.15) is 0 Å². The maximum Gasteiger partial charge on any atom is 0.302 e. The van der Waals surface area contributed by atoms with Gasteiger partial charge in [0.1, 0.15) is 0 Å². The van der Waals surface area contributed by atoms with E-state index in [0.29, 0.717) is 6.61 Å². The van der Waals surface area contributed by atoms with Crippen LogP contribution in [0.3, 0.4) is 0 Å². The van der Waals surface area contributed by atoms with Crippen molar-refractivity contribution in [3.05, 3.63) is 109 Å². The Morgan fingerprint density at radius 1 is 0.542 bits per heavy atom. The molecule has 0 aromatic heterocycles. The molecule has 0 aliphatic carbocycles. The second-order valence-electron chi connectivity index (χ2n) is 4.39. The largest absolute Gasteiger partial charge is 0.466 e. The number of hydrogen-bond donors (Lipinski definition) is 0. The molecular formula is C22H26O2. The predicted octanol–water partition coefficient (Wildman–Crippen LogP) is 5.63. The molecule has 2 nitrogen and oxygen atoms in total. The number of benzene rings is 3. The van der Waals surface area contributed by atoms with Crippen molar-refractivity contribution in [3.63, 3.8) is 0 Å². The first-order valence-corrected chi connectivity index (χ1v) is 7.90. The molecule has 3 aromatic rings. The maximum atomic E-state index is 9.82. The highest BCUT2D eigenvalue weighted by molar-refractivity contribution is 5.65. The van der Waals surface area contributed by atoms with Gasteiger partial charge in [-0.3, -0.25) is 4.79 Å². The van der Waals surface area contributed by atoms with Gasteiger partial charge in [0, 0.05) is 6.92 Å². The molecular weight excluding hydrogens is 296 g/mol. The molecule has 3 aromatic carbocycles. The number of carbonyl (C=O) groups is 1. The zero-order valence-electron chi connectivity index (χ0n) is 14.4. The average Bonchev–Trinajstić information content (AvgIpc) is 2.67. The second kappa shape index (κ2) is 18.2. The quantitative estimate of drug-likeness (QED) is 0.543. The Balaban J connectivity index is 0.000000294. The summed E-state index contributed by atoms with van der Waals surface area (Å²) in [5.41, 5.74) is 0. The Hall–Kier alpha value is -2.87. The van der Waals surface area contributed by atoms with Gasteiger partial charge in [-0.25, -0.2) is 0 Å². The molecule has 0 aliphatic rings. The van der Waals surface area contributed by atoms with Crippen LogP contribution < -0.4 is 0 Å². The fraction of sp³-hybridized carbons (Fsp3) is 0.136. The summed E-state index contributed by atoms with van der Waals surface area (Å²) in [5.74, 6) is -0.211. The zero-order chi connectivity index (χ0) is 17.7. The topological polar surface area (TPSA) is 26.3 Å². The monoisotopic (exact) mass is 322 g/mol. The Morgan fingerprint density at radius 3 is 0.750 bits per heavy atom. The first-order chi connectivity index (χ1) is 11.8. The third-order valence-electron chi connectivity index (χ3n) is 2.35. The van der Waals surface area contributed by atoms with E-state index in [0.717, 1.165) is 0 Å². The summed E-state index contributed by atoms with van der Waals surface area (Å²) >= 11 is 0. The highest BCUT2D eigenvalue weighted by Gasteiger charge is 1.81. The summed E-state index contributed by atoms with van der Waals surface area (Å²) in [5, 5.41) is 0. The van der Waals surface area contributed by atoms with Crippen molar-refractivity contribution in [3.8, 4) is 0 Å². The van der Waals surface area contributed by atoms with Crippen LogP contribution in [0.2, 0.25) is 0 Å². The molecule has 0 atom stereocenters. The summed E-state index contributed by atoms with van der Waals surface area (Å²) in [6.07, 6.45) is 0. The number of rotatable bonds is 1. The van der Waals surface area contributed by atoms with Crippen molar-refractivity contribution in [2.24, 2.45) is 0 Å². The molecule has 0 saturated carbocycles. The number of hydrogen-bond acceptors (Lipinski definition) is 2. The molecule has 0 unspecified atom stereocenters. The highest BCUT2D eigenvalue weighted by atomic mass is 16.5. The van der Waals surface area contributed by atoms with E-state index in [2.05, 4.69) is 4.74 Å². The van der Waals surface area contributed by atoms with E-state index in [1.807, 2.05) is 109 Å². The van der Waals surface area contributed by atoms with Crippen LogP contribution in [0.5, 0.6) is 0 Å². The third kappa shape index (κ3) is 19.1. The lowest BCUT2D eigenvalue weighted by Crippen LogP contribution is -1.95. The molecule has 0 fully saturated rings. The average molecular weight is 322 g/mol. The van der Waals surface area contributed by atoms with Crippen LogP contribution in [0, 0.1) is 0 Å². The Morgan fingerprint density at radius 2 is 0.708 bits per heavy atom. The molecule has 2 heteroatoms. The minimum Gasteiger partial charge on any atom is -0.466 e. The molecule has 3 rings (SSSR count). The van der Waals surface area contributed by atoms with Crippen molar-refractivity contribution in [1.82, 2.24) is 0 Å². The third-order valence-corrected chi connectivity index (χ3v) is 2.35. The summed E-state index contributed by atoms with van der Waals surface area (Å²) in [6, 6.07) is 36.0. The van der Waals surface area contributed by atoms with Gasteiger partial charge >= 0.3 is 5.97 Å². The normalized spacial score (nSPS) is 7.92. The molecule has 0 radical (unpaired) electrons. The molecule has 126 valence electrons. The van der Waals surface area contributed by atoms with E-state index in [-0.39, 0.29) is 5.97 Å². The SMILES string of the molecule is CCOC(C)=O.c1ccccc1.c1ccccc1.c1ccccc1. The summed E-state index contributed by atoms with van der Waals surface area (Å²) < 4.78 is 4.40. The van der Waals surface area contributed by atoms with Gasteiger partial charge in [0.25, 0.3) is 0 Å². The van der Waals surface area contributed by atoms with Crippen LogP contribution in [0.25, 0.3) is 0 Å². The molecule has 0 spiro atoms. The van der Waals surface area contributed by atoms with Crippen LogP contribution in [0.15, 0.2) is 109 Å². The number of ether oxygens (including phenoxy) is 1. The van der Waals surface area contributed by atoms with Gasteiger partial charge in [0.05, 0.1) is 6.61 Å². The lowest BCUT2D eigenvalue weighted by Gasteiger charge is -1.89. The van der Waals surface area contributed by atoms with Crippen molar-refractivity contribution in [1.29, 1.82) is 0 Å². The smallest absolute Gasteiger partial charge is 0.302 e. The number of esters is 1. The van der Waals surface area contributed by atoms with Gasteiger partial charge < -0.3 is 4.74 Å². The van der Waals surface area contributed by atoms with Gasteiger partial charge in [0.2, 0.25) is 0 Å². The summed E-state index contributed by atoms with van der Waals surface area (Å²) in [7, 11) is 0. The van der Waals surface area contributed by atoms with E-state index in [4.69, 9.17) is 0 Å². The zero-order valence-corrected chi connectivity index (χ0v) is 14.4. The molecule has 0 N–H and O–H groups in total. The predicted molar refractivity (Wildman–Crippen MR) is 102 cm³/mol. The first-order valence-electron chi connectivity index (χ1n) is 7.90. The molecule has 0 bridgehead atoms. The van der Waals surface area contributed by atoms with E-state index in [1.54, 1.807) is 6.92 Å².